The van der Waals surface area contributed by atoms with Crippen molar-refractivity contribution in [1.82, 2.24) is 10.2 Å². The lowest BCUT2D eigenvalue weighted by Crippen LogP contribution is -2.49. The number of carbonyl (C=O) groups is 2. The van der Waals surface area contributed by atoms with Gasteiger partial charge in [0.05, 0.1) is 6.54 Å². The van der Waals surface area contributed by atoms with E-state index in [1.807, 2.05) is 12.1 Å². The van der Waals surface area contributed by atoms with Crippen LogP contribution in [0.3, 0.4) is 0 Å². The van der Waals surface area contributed by atoms with E-state index in [0.717, 1.165) is 5.76 Å². The summed E-state index contributed by atoms with van der Waals surface area (Å²) in [5, 5.41) is 2.69. The molecule has 1 aliphatic carbocycles. The number of amides is 2. The van der Waals surface area contributed by atoms with Gasteiger partial charge >= 0.3 is 0 Å². The van der Waals surface area contributed by atoms with Gasteiger partial charge in [0, 0.05) is 25.1 Å². The molecule has 1 aliphatic heterocycles. The lowest BCUT2D eigenvalue weighted by atomic mass is 10.3. The number of carbonyl (C=O) groups excluding carboxylic acids is 2. The highest BCUT2D eigenvalue weighted by atomic mass is 16.3. The topological polar surface area (TPSA) is 62.6 Å². The van der Waals surface area contributed by atoms with E-state index in [2.05, 4.69) is 12.2 Å². The average molecular weight is 274 g/mol. The van der Waals surface area contributed by atoms with Crippen molar-refractivity contribution in [3.63, 3.8) is 0 Å². The van der Waals surface area contributed by atoms with Crippen molar-refractivity contribution in [2.24, 2.45) is 5.92 Å². The first-order valence-electron chi connectivity index (χ1n) is 6.97. The van der Waals surface area contributed by atoms with E-state index in [1.54, 1.807) is 6.08 Å². The summed E-state index contributed by atoms with van der Waals surface area (Å²) in [7, 11) is 0. The second-order valence-corrected chi connectivity index (χ2v) is 5.50. The molecule has 0 aromatic carbocycles. The zero-order valence-electron chi connectivity index (χ0n) is 11.5. The van der Waals surface area contributed by atoms with E-state index in [1.165, 1.54) is 17.4 Å². The van der Waals surface area contributed by atoms with Crippen molar-refractivity contribution >= 4 is 17.9 Å². The highest BCUT2D eigenvalue weighted by Gasteiger charge is 2.36. The molecule has 0 unspecified atom stereocenters. The lowest BCUT2D eigenvalue weighted by molar-refractivity contribution is -0.134. The third-order valence-electron chi connectivity index (χ3n) is 3.86. The molecule has 20 heavy (non-hydrogen) atoms. The zero-order chi connectivity index (χ0) is 14.1. The van der Waals surface area contributed by atoms with E-state index >= 15 is 0 Å². The SMILES string of the molecule is C[C@H]1C[C@@H]1c1ccc(/C=C/C(=O)N2CCNC(=O)C2)o1. The first-order chi connectivity index (χ1) is 9.63. The Balaban J connectivity index is 1.60. The molecule has 1 saturated heterocycles. The van der Waals surface area contributed by atoms with Crippen LogP contribution in [0.5, 0.6) is 0 Å². The van der Waals surface area contributed by atoms with Crippen LogP contribution in [-0.2, 0) is 9.59 Å². The van der Waals surface area contributed by atoms with Gasteiger partial charge in [-0.1, -0.05) is 6.92 Å². The number of hydrogen-bond acceptors (Lipinski definition) is 3. The summed E-state index contributed by atoms with van der Waals surface area (Å²) in [6.45, 7) is 3.40. The Kier molecular flexibility index (Phi) is 3.34. The Labute approximate surface area is 117 Å². The Morgan fingerprint density at radius 1 is 1.50 bits per heavy atom. The smallest absolute Gasteiger partial charge is 0.247 e. The van der Waals surface area contributed by atoms with Crippen LogP contribution in [0, 0.1) is 5.92 Å². The molecule has 2 fully saturated rings. The van der Waals surface area contributed by atoms with Crippen molar-refractivity contribution in [3.05, 3.63) is 29.7 Å². The second-order valence-electron chi connectivity index (χ2n) is 5.50. The number of nitrogens with zero attached hydrogens (tertiary/aromatic N) is 1. The first-order valence-corrected chi connectivity index (χ1v) is 6.97. The van der Waals surface area contributed by atoms with E-state index in [9.17, 15) is 9.59 Å². The maximum absolute atomic E-state index is 11.9. The van der Waals surface area contributed by atoms with E-state index in [0.29, 0.717) is 30.7 Å². The van der Waals surface area contributed by atoms with E-state index in [-0.39, 0.29) is 18.4 Å². The summed E-state index contributed by atoms with van der Waals surface area (Å²) in [5.74, 6) is 2.67. The molecule has 3 rings (SSSR count). The van der Waals surface area contributed by atoms with Crippen LogP contribution in [-0.4, -0.2) is 36.3 Å². The van der Waals surface area contributed by atoms with Gasteiger partial charge in [0.2, 0.25) is 11.8 Å². The molecule has 1 aromatic heterocycles. The Hall–Kier alpha value is -2.04. The summed E-state index contributed by atoms with van der Waals surface area (Å²) >= 11 is 0. The van der Waals surface area contributed by atoms with Crippen LogP contribution in [0.1, 0.15) is 30.8 Å². The zero-order valence-corrected chi connectivity index (χ0v) is 11.5. The quantitative estimate of drug-likeness (QED) is 0.847. The molecular weight excluding hydrogens is 256 g/mol. The summed E-state index contributed by atoms with van der Waals surface area (Å²) in [6.07, 6.45) is 4.32. The van der Waals surface area contributed by atoms with Crippen molar-refractivity contribution in [2.45, 2.75) is 19.3 Å². The van der Waals surface area contributed by atoms with Crippen LogP contribution in [0.2, 0.25) is 0 Å². The minimum atomic E-state index is -0.155. The fourth-order valence-electron chi connectivity index (χ4n) is 2.46. The third kappa shape index (κ3) is 2.76. The number of piperazine rings is 1. The summed E-state index contributed by atoms with van der Waals surface area (Å²) in [6, 6.07) is 3.86. The van der Waals surface area contributed by atoms with Crippen LogP contribution in [0.4, 0.5) is 0 Å². The van der Waals surface area contributed by atoms with Crippen molar-refractivity contribution in [1.29, 1.82) is 0 Å². The predicted octanol–water partition coefficient (Wildman–Crippen LogP) is 1.37. The van der Waals surface area contributed by atoms with Gasteiger partial charge in [0.15, 0.2) is 0 Å². The summed E-state index contributed by atoms with van der Waals surface area (Å²) in [5.41, 5.74) is 0. The van der Waals surface area contributed by atoms with Gasteiger partial charge in [-0.25, -0.2) is 0 Å². The molecule has 106 valence electrons. The standard InChI is InChI=1S/C15H18N2O3/c1-10-8-12(10)13-4-2-11(20-13)3-5-15(19)17-7-6-16-14(18)9-17/h2-5,10,12H,6-9H2,1H3,(H,16,18)/b5-3+/t10-,12-/m0/s1. The molecule has 2 amide bonds. The summed E-state index contributed by atoms with van der Waals surface area (Å²) in [4.78, 5) is 24.7. The van der Waals surface area contributed by atoms with Gasteiger partial charge in [-0.3, -0.25) is 9.59 Å². The van der Waals surface area contributed by atoms with Gasteiger partial charge in [0.1, 0.15) is 11.5 Å². The fraction of sp³-hybridized carbons (Fsp3) is 0.467. The van der Waals surface area contributed by atoms with Gasteiger partial charge in [-0.2, -0.15) is 0 Å². The molecule has 0 bridgehead atoms. The first kappa shape index (κ1) is 13.0. The van der Waals surface area contributed by atoms with E-state index < -0.39 is 0 Å². The largest absolute Gasteiger partial charge is 0.461 e. The number of furan rings is 1. The van der Waals surface area contributed by atoms with Crippen molar-refractivity contribution in [3.8, 4) is 0 Å². The lowest BCUT2D eigenvalue weighted by Gasteiger charge is -2.25. The maximum atomic E-state index is 11.9. The monoisotopic (exact) mass is 274 g/mol. The van der Waals surface area contributed by atoms with E-state index in [4.69, 9.17) is 4.42 Å². The third-order valence-corrected chi connectivity index (χ3v) is 3.86. The molecule has 1 saturated carbocycles. The minimum Gasteiger partial charge on any atom is -0.461 e. The molecule has 2 heterocycles. The van der Waals surface area contributed by atoms with Gasteiger partial charge in [-0.15, -0.1) is 0 Å². The molecule has 5 heteroatoms. The normalized spacial score (nSPS) is 25.9. The molecule has 0 radical (unpaired) electrons. The molecule has 2 atom stereocenters. The maximum Gasteiger partial charge on any atom is 0.247 e. The van der Waals surface area contributed by atoms with Crippen molar-refractivity contribution in [2.75, 3.05) is 19.6 Å². The number of rotatable bonds is 3. The molecule has 5 nitrogen and oxygen atoms in total. The molecule has 1 aromatic rings. The molecule has 2 aliphatic rings. The highest BCUT2D eigenvalue weighted by Crippen LogP contribution is 2.47. The van der Waals surface area contributed by atoms with Crippen LogP contribution in [0.15, 0.2) is 22.6 Å². The average Bonchev–Trinajstić information content (AvgIpc) is 2.99. The van der Waals surface area contributed by atoms with Crippen molar-refractivity contribution < 1.29 is 14.0 Å². The van der Waals surface area contributed by atoms with Crippen LogP contribution < -0.4 is 5.32 Å². The molecule has 0 spiro atoms. The second kappa shape index (κ2) is 5.15. The summed E-state index contributed by atoms with van der Waals surface area (Å²) < 4.78 is 5.70. The van der Waals surface area contributed by atoms with Crippen LogP contribution in [0.25, 0.3) is 6.08 Å². The Morgan fingerprint density at radius 2 is 2.30 bits per heavy atom. The number of nitrogens with one attached hydrogen (secondary N) is 1. The van der Waals surface area contributed by atoms with Gasteiger partial charge < -0.3 is 14.6 Å². The number of hydrogen-bond donors (Lipinski definition) is 1. The van der Waals surface area contributed by atoms with Crippen LogP contribution >= 0.6 is 0 Å². The Morgan fingerprint density at radius 3 is 3.00 bits per heavy atom. The molecular formula is C15H18N2O3. The van der Waals surface area contributed by atoms with Gasteiger partial charge in [-0.05, 0) is 30.5 Å². The minimum absolute atomic E-state index is 0.110. The molecule has 1 N–H and O–H groups in total. The van der Waals surface area contributed by atoms with Gasteiger partial charge in [0.25, 0.3) is 0 Å². The highest BCUT2D eigenvalue weighted by molar-refractivity contribution is 5.94. The Bertz CT molecular complexity index is 561. The predicted molar refractivity (Wildman–Crippen MR) is 73.9 cm³/mol. The fourth-order valence-corrected chi connectivity index (χ4v) is 2.46.